The van der Waals surface area contributed by atoms with E-state index >= 15 is 0 Å². The standard InChI is InChI=1S/C7H11N3O2/c1-10-6(2-8-9-10)5-3-12-4-7(5)11/h2,5,7,11H,3-4H2,1H3. The van der Waals surface area contributed by atoms with Gasteiger partial charge in [-0.1, -0.05) is 5.21 Å². The molecule has 12 heavy (non-hydrogen) atoms. The molecule has 1 aromatic heterocycles. The van der Waals surface area contributed by atoms with Gasteiger partial charge in [-0.3, -0.25) is 4.68 Å². The third kappa shape index (κ3) is 1.11. The van der Waals surface area contributed by atoms with Gasteiger partial charge < -0.3 is 9.84 Å². The van der Waals surface area contributed by atoms with Crippen molar-refractivity contribution < 1.29 is 9.84 Å². The smallest absolute Gasteiger partial charge is 0.0879 e. The summed E-state index contributed by atoms with van der Waals surface area (Å²) >= 11 is 0. The monoisotopic (exact) mass is 169 g/mol. The number of ether oxygens (including phenoxy) is 1. The first-order valence-electron chi connectivity index (χ1n) is 3.89. The van der Waals surface area contributed by atoms with Gasteiger partial charge in [0.15, 0.2) is 0 Å². The maximum Gasteiger partial charge on any atom is 0.0879 e. The SMILES string of the molecule is Cn1nncc1C1COCC1O. The average Bonchev–Trinajstić information content (AvgIpc) is 2.59. The second-order valence-electron chi connectivity index (χ2n) is 2.99. The van der Waals surface area contributed by atoms with E-state index in [9.17, 15) is 5.11 Å². The van der Waals surface area contributed by atoms with E-state index in [1.54, 1.807) is 10.9 Å². The summed E-state index contributed by atoms with van der Waals surface area (Å²) in [5.74, 6) is 0.0324. The van der Waals surface area contributed by atoms with Crippen molar-refractivity contribution >= 4 is 0 Å². The van der Waals surface area contributed by atoms with Crippen molar-refractivity contribution in [1.82, 2.24) is 15.0 Å². The van der Waals surface area contributed by atoms with Crippen molar-refractivity contribution in [3.05, 3.63) is 11.9 Å². The highest BCUT2D eigenvalue weighted by Gasteiger charge is 2.29. The van der Waals surface area contributed by atoms with Gasteiger partial charge in [0.25, 0.3) is 0 Å². The Bertz CT molecular complexity index is 273. The number of hydrogen-bond acceptors (Lipinski definition) is 4. The van der Waals surface area contributed by atoms with Gasteiger partial charge in [0.2, 0.25) is 0 Å². The topological polar surface area (TPSA) is 60.2 Å². The number of aliphatic hydroxyl groups excluding tert-OH is 1. The largest absolute Gasteiger partial charge is 0.390 e. The van der Waals surface area contributed by atoms with E-state index in [-0.39, 0.29) is 5.92 Å². The normalized spacial score (nSPS) is 29.5. The fourth-order valence-corrected chi connectivity index (χ4v) is 1.46. The van der Waals surface area contributed by atoms with Gasteiger partial charge in [-0.05, 0) is 0 Å². The zero-order valence-corrected chi connectivity index (χ0v) is 6.84. The minimum Gasteiger partial charge on any atom is -0.390 e. The number of aromatic nitrogens is 3. The molecule has 0 spiro atoms. The fourth-order valence-electron chi connectivity index (χ4n) is 1.46. The third-order valence-corrected chi connectivity index (χ3v) is 2.18. The van der Waals surface area contributed by atoms with Gasteiger partial charge in [-0.15, -0.1) is 5.10 Å². The Hall–Kier alpha value is -0.940. The van der Waals surface area contributed by atoms with E-state index in [4.69, 9.17) is 4.74 Å². The van der Waals surface area contributed by atoms with Crippen LogP contribution in [0.2, 0.25) is 0 Å². The van der Waals surface area contributed by atoms with E-state index < -0.39 is 6.10 Å². The van der Waals surface area contributed by atoms with Crippen molar-refractivity contribution in [2.75, 3.05) is 13.2 Å². The molecule has 0 saturated carbocycles. The van der Waals surface area contributed by atoms with Crippen molar-refractivity contribution in [1.29, 1.82) is 0 Å². The maximum atomic E-state index is 9.49. The summed E-state index contributed by atoms with van der Waals surface area (Å²) in [6.07, 6.45) is 1.25. The lowest BCUT2D eigenvalue weighted by Gasteiger charge is -2.10. The summed E-state index contributed by atoms with van der Waals surface area (Å²) in [6, 6.07) is 0. The van der Waals surface area contributed by atoms with Crippen LogP contribution in [0.4, 0.5) is 0 Å². The molecule has 1 aliphatic rings. The minimum atomic E-state index is -0.415. The lowest BCUT2D eigenvalue weighted by molar-refractivity contribution is 0.124. The molecule has 5 heteroatoms. The minimum absolute atomic E-state index is 0.0324. The first-order chi connectivity index (χ1) is 5.79. The van der Waals surface area contributed by atoms with Crippen molar-refractivity contribution in [2.24, 2.45) is 7.05 Å². The Morgan fingerprint density at radius 1 is 1.67 bits per heavy atom. The second-order valence-corrected chi connectivity index (χ2v) is 2.99. The Kier molecular flexibility index (Phi) is 1.82. The Labute approximate surface area is 70.0 Å². The Balaban J connectivity index is 2.24. The first kappa shape index (κ1) is 7.70. The predicted octanol–water partition coefficient (Wildman–Crippen LogP) is -0.710. The van der Waals surface area contributed by atoms with Crippen LogP contribution >= 0.6 is 0 Å². The molecule has 2 unspecified atom stereocenters. The first-order valence-corrected chi connectivity index (χ1v) is 3.89. The highest BCUT2D eigenvalue weighted by atomic mass is 16.5. The van der Waals surface area contributed by atoms with E-state index in [2.05, 4.69) is 10.3 Å². The van der Waals surface area contributed by atoms with Gasteiger partial charge in [0.1, 0.15) is 0 Å². The van der Waals surface area contributed by atoms with E-state index in [0.29, 0.717) is 13.2 Å². The predicted molar refractivity (Wildman–Crippen MR) is 40.6 cm³/mol. The van der Waals surface area contributed by atoms with Crippen LogP contribution in [0.25, 0.3) is 0 Å². The zero-order chi connectivity index (χ0) is 8.55. The summed E-state index contributed by atoms with van der Waals surface area (Å²) < 4.78 is 6.80. The van der Waals surface area contributed by atoms with Crippen molar-refractivity contribution in [3.63, 3.8) is 0 Å². The number of rotatable bonds is 1. The molecule has 66 valence electrons. The van der Waals surface area contributed by atoms with Gasteiger partial charge in [-0.2, -0.15) is 0 Å². The molecule has 1 saturated heterocycles. The summed E-state index contributed by atoms with van der Waals surface area (Å²) in [7, 11) is 1.81. The summed E-state index contributed by atoms with van der Waals surface area (Å²) in [5.41, 5.74) is 0.931. The summed E-state index contributed by atoms with van der Waals surface area (Å²) in [5, 5.41) is 17.0. The highest BCUT2D eigenvalue weighted by molar-refractivity contribution is 5.07. The molecular formula is C7H11N3O2. The fraction of sp³-hybridized carbons (Fsp3) is 0.714. The molecule has 0 aromatic carbocycles. The third-order valence-electron chi connectivity index (χ3n) is 2.18. The van der Waals surface area contributed by atoms with Crippen molar-refractivity contribution in [3.8, 4) is 0 Å². The molecule has 0 amide bonds. The van der Waals surface area contributed by atoms with Crippen LogP contribution in [0.1, 0.15) is 11.6 Å². The molecule has 2 heterocycles. The van der Waals surface area contributed by atoms with Gasteiger partial charge in [0, 0.05) is 7.05 Å². The molecule has 2 rings (SSSR count). The Morgan fingerprint density at radius 3 is 3.00 bits per heavy atom. The molecule has 1 fully saturated rings. The zero-order valence-electron chi connectivity index (χ0n) is 6.84. The van der Waals surface area contributed by atoms with E-state index in [1.807, 2.05) is 7.05 Å². The second kappa shape index (κ2) is 2.84. The summed E-state index contributed by atoms with van der Waals surface area (Å²) in [6.45, 7) is 0.970. The van der Waals surface area contributed by atoms with Crippen LogP contribution < -0.4 is 0 Å². The number of hydrogen-bond donors (Lipinski definition) is 1. The number of aryl methyl sites for hydroxylation is 1. The van der Waals surface area contributed by atoms with Gasteiger partial charge >= 0.3 is 0 Å². The molecule has 2 atom stereocenters. The van der Waals surface area contributed by atoms with Crippen molar-refractivity contribution in [2.45, 2.75) is 12.0 Å². The van der Waals surface area contributed by atoms with Gasteiger partial charge in [0.05, 0.1) is 37.1 Å². The van der Waals surface area contributed by atoms with Crippen LogP contribution in [0.15, 0.2) is 6.20 Å². The van der Waals surface area contributed by atoms with Crippen LogP contribution in [0.3, 0.4) is 0 Å². The average molecular weight is 169 g/mol. The van der Waals surface area contributed by atoms with E-state index in [1.165, 1.54) is 0 Å². The molecule has 0 bridgehead atoms. The molecule has 5 nitrogen and oxygen atoms in total. The number of nitrogens with zero attached hydrogens (tertiary/aromatic N) is 3. The quantitative estimate of drug-likeness (QED) is 0.603. The van der Waals surface area contributed by atoms with Crippen LogP contribution in [-0.4, -0.2) is 39.4 Å². The van der Waals surface area contributed by atoms with E-state index in [0.717, 1.165) is 5.69 Å². The summed E-state index contributed by atoms with van der Waals surface area (Å²) in [4.78, 5) is 0. The van der Waals surface area contributed by atoms with Gasteiger partial charge in [-0.25, -0.2) is 0 Å². The molecule has 1 N–H and O–H groups in total. The molecule has 1 aliphatic heterocycles. The van der Waals surface area contributed by atoms with Crippen LogP contribution in [0.5, 0.6) is 0 Å². The lowest BCUT2D eigenvalue weighted by Crippen LogP contribution is -2.18. The Morgan fingerprint density at radius 2 is 2.50 bits per heavy atom. The van der Waals surface area contributed by atoms with Crippen LogP contribution in [-0.2, 0) is 11.8 Å². The molecule has 0 radical (unpaired) electrons. The number of aliphatic hydroxyl groups is 1. The molecule has 0 aliphatic carbocycles. The highest BCUT2D eigenvalue weighted by Crippen LogP contribution is 2.23. The van der Waals surface area contributed by atoms with Crippen LogP contribution in [0, 0.1) is 0 Å². The maximum absolute atomic E-state index is 9.49. The molecule has 1 aromatic rings. The molecular weight excluding hydrogens is 158 g/mol. The lowest BCUT2D eigenvalue weighted by atomic mass is 10.0.